The number of anilines is 5. The largest absolute Gasteiger partial charge is 0.496 e. The lowest BCUT2D eigenvalue weighted by Crippen LogP contribution is -2.29. The van der Waals surface area contributed by atoms with Crippen LogP contribution in [-0.4, -0.2) is 27.3 Å². The topological polar surface area (TPSA) is 126 Å². The van der Waals surface area contributed by atoms with E-state index in [1.165, 1.54) is 0 Å². The smallest absolute Gasteiger partial charge is 0.262 e. The van der Waals surface area contributed by atoms with Crippen molar-refractivity contribution < 1.29 is 22.7 Å². The zero-order chi connectivity index (χ0) is 37.2. The summed E-state index contributed by atoms with van der Waals surface area (Å²) in [6, 6.07) is 12.6. The molecular formula is C38H53BrN4O5S. The summed E-state index contributed by atoms with van der Waals surface area (Å²) in [6.45, 7) is 22.8. The van der Waals surface area contributed by atoms with Gasteiger partial charge in [0.15, 0.2) is 0 Å². The third-order valence-electron chi connectivity index (χ3n) is 8.04. The first-order valence-electron chi connectivity index (χ1n) is 16.6. The Morgan fingerprint density at radius 2 is 1.16 bits per heavy atom. The molecule has 4 N–H and O–H groups in total. The van der Waals surface area contributed by atoms with E-state index in [0.29, 0.717) is 38.4 Å². The highest BCUT2D eigenvalue weighted by Crippen LogP contribution is 2.41. The molecule has 2 amide bonds. The van der Waals surface area contributed by atoms with Crippen molar-refractivity contribution in [2.75, 3.05) is 27.8 Å². The molecule has 0 bridgehead atoms. The molecule has 268 valence electrons. The van der Waals surface area contributed by atoms with E-state index in [1.54, 1.807) is 66.9 Å². The molecule has 0 heterocycles. The van der Waals surface area contributed by atoms with Gasteiger partial charge in [0.2, 0.25) is 11.8 Å². The number of sulfonamides is 1. The normalized spacial score (nSPS) is 12.3. The molecular weight excluding hydrogens is 704 g/mol. The van der Waals surface area contributed by atoms with E-state index >= 15 is 0 Å². The number of amides is 2. The lowest BCUT2D eigenvalue weighted by molar-refractivity contribution is -0.123. The summed E-state index contributed by atoms with van der Waals surface area (Å²) in [5.74, 6) is 0.0847. The zero-order valence-electron chi connectivity index (χ0n) is 31.1. The highest BCUT2D eigenvalue weighted by molar-refractivity contribution is 9.10. The predicted molar refractivity (Wildman–Crippen MR) is 206 cm³/mol. The number of halogens is 1. The molecule has 3 aromatic carbocycles. The third kappa shape index (κ3) is 9.78. The molecule has 9 nitrogen and oxygen atoms in total. The summed E-state index contributed by atoms with van der Waals surface area (Å²) in [6.07, 6.45) is 0. The molecule has 0 unspecified atom stereocenters. The molecule has 0 saturated carbocycles. The van der Waals surface area contributed by atoms with E-state index in [-0.39, 0.29) is 45.8 Å². The molecule has 0 atom stereocenters. The number of nitrogens with one attached hydrogen (secondary N) is 4. The Kier molecular flexibility index (Phi) is 12.3. The van der Waals surface area contributed by atoms with Gasteiger partial charge in [-0.3, -0.25) is 14.3 Å². The van der Waals surface area contributed by atoms with Crippen molar-refractivity contribution in [3.8, 4) is 5.75 Å². The van der Waals surface area contributed by atoms with E-state index in [4.69, 9.17) is 4.74 Å². The van der Waals surface area contributed by atoms with Gasteiger partial charge in [0, 0.05) is 16.5 Å². The van der Waals surface area contributed by atoms with Crippen LogP contribution < -0.4 is 25.4 Å². The molecule has 0 fully saturated rings. The number of ether oxygens (including phenoxy) is 1. The van der Waals surface area contributed by atoms with Gasteiger partial charge in [-0.15, -0.1) is 0 Å². The number of benzene rings is 3. The average molecular weight is 758 g/mol. The predicted octanol–water partition coefficient (Wildman–Crippen LogP) is 10.3. The first-order chi connectivity index (χ1) is 22.5. The van der Waals surface area contributed by atoms with Crippen LogP contribution in [0.25, 0.3) is 0 Å². The second-order valence-corrected chi connectivity index (χ2v) is 17.9. The van der Waals surface area contributed by atoms with Crippen LogP contribution in [0.15, 0.2) is 51.8 Å². The van der Waals surface area contributed by atoms with E-state index in [9.17, 15) is 18.0 Å². The average Bonchev–Trinajstić information content (AvgIpc) is 2.97. The van der Waals surface area contributed by atoms with Gasteiger partial charge in [0.25, 0.3) is 10.0 Å². The molecule has 0 radical (unpaired) electrons. The number of carbonyl (C=O) groups excluding carboxylic acids is 2. The molecule has 0 spiro atoms. The van der Waals surface area contributed by atoms with Crippen molar-refractivity contribution in [3.63, 3.8) is 0 Å². The number of methoxy groups -OCH3 is 1. The molecule has 49 heavy (non-hydrogen) atoms. The fraction of sp³-hybridized carbons (Fsp3) is 0.474. The van der Waals surface area contributed by atoms with Crippen molar-refractivity contribution in [2.24, 2.45) is 10.8 Å². The zero-order valence-corrected chi connectivity index (χ0v) is 33.5. The molecule has 11 heteroatoms. The van der Waals surface area contributed by atoms with E-state index in [1.807, 2.05) is 52.0 Å². The standard InChI is InChI=1S/C38H53BrN4O5S/c1-21(2)24-16-26(22(3)4)34(27(17-24)23(5)6)49(46,47)43-32-20-30(41-35(44)37(7,8)9)29(19-31(32)42-36(45)38(10,11)12)40-25-14-15-33(48-13)28(39)18-25/h14-23,40,43H,1-13H3,(H,41,44)(H,42,45). The lowest BCUT2D eigenvalue weighted by Gasteiger charge is -2.26. The van der Waals surface area contributed by atoms with Crippen molar-refractivity contribution in [1.29, 1.82) is 0 Å². The van der Waals surface area contributed by atoms with Crippen LogP contribution in [0.3, 0.4) is 0 Å². The van der Waals surface area contributed by atoms with Crippen LogP contribution in [0.5, 0.6) is 5.75 Å². The van der Waals surface area contributed by atoms with Gasteiger partial charge in [-0.05, 0) is 80.7 Å². The Labute approximate surface area is 301 Å². The van der Waals surface area contributed by atoms with Crippen LogP contribution in [-0.2, 0) is 19.6 Å². The minimum atomic E-state index is -4.21. The molecule has 3 rings (SSSR count). The van der Waals surface area contributed by atoms with Gasteiger partial charge in [-0.2, -0.15) is 0 Å². The molecule has 0 aliphatic rings. The third-order valence-corrected chi connectivity index (χ3v) is 10.2. The van der Waals surface area contributed by atoms with Gasteiger partial charge in [-0.25, -0.2) is 8.42 Å². The summed E-state index contributed by atoms with van der Waals surface area (Å²) in [4.78, 5) is 27.0. The monoisotopic (exact) mass is 756 g/mol. The maximum absolute atomic E-state index is 14.6. The number of carbonyl (C=O) groups is 2. The first-order valence-corrected chi connectivity index (χ1v) is 18.9. The minimum absolute atomic E-state index is 0.0835. The van der Waals surface area contributed by atoms with Crippen LogP contribution >= 0.6 is 15.9 Å². The summed E-state index contributed by atoms with van der Waals surface area (Å²) in [7, 11) is -2.64. The minimum Gasteiger partial charge on any atom is -0.496 e. The number of rotatable bonds is 11. The van der Waals surface area contributed by atoms with Crippen molar-refractivity contribution >= 4 is 66.2 Å². The van der Waals surface area contributed by atoms with Crippen molar-refractivity contribution in [2.45, 2.75) is 106 Å². The van der Waals surface area contributed by atoms with Crippen LogP contribution in [0, 0.1) is 10.8 Å². The second-order valence-electron chi connectivity index (χ2n) is 15.4. The molecule has 0 aliphatic carbocycles. The van der Waals surface area contributed by atoms with Gasteiger partial charge < -0.3 is 20.7 Å². The first kappa shape index (κ1) is 39.9. The fourth-order valence-electron chi connectivity index (χ4n) is 4.91. The molecule has 0 aromatic heterocycles. The Morgan fingerprint density at radius 1 is 0.694 bits per heavy atom. The maximum Gasteiger partial charge on any atom is 0.262 e. The second kappa shape index (κ2) is 15.1. The van der Waals surface area contributed by atoms with Gasteiger partial charge in [0.1, 0.15) is 5.75 Å². The quantitative estimate of drug-likeness (QED) is 0.154. The Bertz CT molecular complexity index is 1790. The Morgan fingerprint density at radius 3 is 1.57 bits per heavy atom. The highest BCUT2D eigenvalue weighted by Gasteiger charge is 2.30. The van der Waals surface area contributed by atoms with Crippen LogP contribution in [0.4, 0.5) is 28.4 Å². The Balaban J connectivity index is 2.34. The summed E-state index contributed by atoms with van der Waals surface area (Å²) < 4.78 is 38.1. The Hall–Kier alpha value is -3.57. The van der Waals surface area contributed by atoms with E-state index in [0.717, 1.165) is 5.56 Å². The number of hydrogen-bond acceptors (Lipinski definition) is 6. The molecule has 0 aliphatic heterocycles. The fourth-order valence-corrected chi connectivity index (χ4v) is 7.22. The maximum atomic E-state index is 14.6. The van der Waals surface area contributed by atoms with Crippen molar-refractivity contribution in [1.82, 2.24) is 0 Å². The number of hydrogen-bond donors (Lipinski definition) is 4. The van der Waals surface area contributed by atoms with E-state index < -0.39 is 20.9 Å². The van der Waals surface area contributed by atoms with Crippen LogP contribution in [0.2, 0.25) is 0 Å². The SMILES string of the molecule is COc1ccc(Nc2cc(NC(=O)C(C)(C)C)c(NS(=O)(=O)c3c(C(C)C)cc(C(C)C)cc3C(C)C)cc2NC(=O)C(C)(C)C)cc1Br. The summed E-state index contributed by atoms with van der Waals surface area (Å²) in [5.41, 5.74) is 2.71. The van der Waals surface area contributed by atoms with E-state index in [2.05, 4.69) is 50.4 Å². The summed E-state index contributed by atoms with van der Waals surface area (Å²) in [5, 5.41) is 9.25. The van der Waals surface area contributed by atoms with Gasteiger partial charge in [-0.1, -0.05) is 95.2 Å². The lowest BCUT2D eigenvalue weighted by atomic mass is 9.89. The highest BCUT2D eigenvalue weighted by atomic mass is 79.9. The molecule has 0 saturated heterocycles. The van der Waals surface area contributed by atoms with Gasteiger partial charge in [0.05, 0.1) is 39.2 Å². The summed E-state index contributed by atoms with van der Waals surface area (Å²) >= 11 is 3.52. The van der Waals surface area contributed by atoms with Gasteiger partial charge >= 0.3 is 0 Å². The molecule has 3 aromatic rings. The van der Waals surface area contributed by atoms with Crippen molar-refractivity contribution in [3.05, 3.63) is 63.6 Å². The van der Waals surface area contributed by atoms with Crippen LogP contribution in [0.1, 0.15) is 118 Å².